The van der Waals surface area contributed by atoms with Crippen LogP contribution in [0.25, 0.3) is 0 Å². The number of phenolic OH excluding ortho intramolecular Hbond substituents is 2. The fourth-order valence-corrected chi connectivity index (χ4v) is 3.06. The number of nitrogens with zero attached hydrogens (tertiary/aromatic N) is 1. The Bertz CT molecular complexity index is 615. The molecular formula is C17H20N2O2. The molecule has 2 atom stereocenters. The van der Waals surface area contributed by atoms with E-state index in [1.54, 1.807) is 12.1 Å². The molecule has 1 aliphatic rings. The van der Waals surface area contributed by atoms with E-state index in [1.165, 1.54) is 11.6 Å². The lowest BCUT2D eigenvalue weighted by atomic mass is 9.94. The monoisotopic (exact) mass is 284 g/mol. The molecule has 1 heterocycles. The van der Waals surface area contributed by atoms with Crippen LogP contribution in [0.15, 0.2) is 48.5 Å². The van der Waals surface area contributed by atoms with Gasteiger partial charge in [-0.05, 0) is 11.6 Å². The number of benzene rings is 2. The summed E-state index contributed by atoms with van der Waals surface area (Å²) in [5, 5.41) is 19.4. The average Bonchev–Trinajstić information content (AvgIpc) is 2.80. The van der Waals surface area contributed by atoms with Crippen molar-refractivity contribution < 1.29 is 10.2 Å². The number of hydrogen-bond donors (Lipinski definition) is 3. The minimum atomic E-state index is -0.0100. The first-order chi connectivity index (χ1) is 10.1. The van der Waals surface area contributed by atoms with Crippen LogP contribution in [0.5, 0.6) is 11.5 Å². The van der Waals surface area contributed by atoms with Crippen LogP contribution in [0.3, 0.4) is 0 Å². The van der Waals surface area contributed by atoms with Gasteiger partial charge in [0.05, 0.1) is 0 Å². The molecule has 1 saturated heterocycles. The summed E-state index contributed by atoms with van der Waals surface area (Å²) in [6.45, 7) is 2.48. The van der Waals surface area contributed by atoms with Gasteiger partial charge in [0.25, 0.3) is 0 Å². The van der Waals surface area contributed by atoms with Gasteiger partial charge in [-0.1, -0.05) is 36.4 Å². The molecule has 1 aliphatic heterocycles. The Morgan fingerprint density at radius 1 is 1.05 bits per heavy atom. The van der Waals surface area contributed by atoms with Gasteiger partial charge in [-0.3, -0.25) is 4.90 Å². The molecule has 0 bridgehead atoms. The van der Waals surface area contributed by atoms with Crippen molar-refractivity contribution in [2.45, 2.75) is 18.5 Å². The molecule has 110 valence electrons. The number of likely N-dealkylation sites (tertiary alicyclic amines) is 1. The third kappa shape index (κ3) is 3.01. The normalized spacial score (nSPS) is 22.5. The van der Waals surface area contributed by atoms with Crippen molar-refractivity contribution in [1.29, 1.82) is 0 Å². The molecule has 4 nitrogen and oxygen atoms in total. The Morgan fingerprint density at radius 3 is 2.52 bits per heavy atom. The second kappa shape index (κ2) is 5.76. The molecule has 0 amide bonds. The molecular weight excluding hydrogens is 264 g/mol. The first kappa shape index (κ1) is 13.9. The summed E-state index contributed by atoms with van der Waals surface area (Å²) in [6.07, 6.45) is 0. The maximum atomic E-state index is 10.0. The van der Waals surface area contributed by atoms with Gasteiger partial charge in [-0.2, -0.15) is 0 Å². The zero-order valence-electron chi connectivity index (χ0n) is 11.8. The average molecular weight is 284 g/mol. The predicted molar refractivity (Wildman–Crippen MR) is 82.2 cm³/mol. The summed E-state index contributed by atoms with van der Waals surface area (Å²) >= 11 is 0. The molecule has 0 saturated carbocycles. The fourth-order valence-electron chi connectivity index (χ4n) is 3.06. The summed E-state index contributed by atoms with van der Waals surface area (Å²) in [6, 6.07) is 15.0. The lowest BCUT2D eigenvalue weighted by Gasteiger charge is -2.17. The van der Waals surface area contributed by atoms with Crippen LogP contribution in [0.4, 0.5) is 0 Å². The Balaban J connectivity index is 1.74. The van der Waals surface area contributed by atoms with Crippen molar-refractivity contribution in [1.82, 2.24) is 4.90 Å². The summed E-state index contributed by atoms with van der Waals surface area (Å²) in [5.74, 6) is 0.287. The molecule has 0 radical (unpaired) electrons. The highest BCUT2D eigenvalue weighted by Crippen LogP contribution is 2.34. The molecule has 4 N–H and O–H groups in total. The highest BCUT2D eigenvalue weighted by atomic mass is 16.3. The highest BCUT2D eigenvalue weighted by molar-refractivity contribution is 5.42. The molecule has 0 aromatic heterocycles. The molecule has 4 heteroatoms. The third-order valence-electron chi connectivity index (χ3n) is 4.10. The number of phenols is 2. The van der Waals surface area contributed by atoms with Crippen LogP contribution < -0.4 is 5.73 Å². The summed E-state index contributed by atoms with van der Waals surface area (Å²) < 4.78 is 0. The SMILES string of the molecule is NC1CN(Cc2ccccc2)CC1c1ccc(O)cc1O. The second-order valence-electron chi connectivity index (χ2n) is 5.69. The maximum absolute atomic E-state index is 10.0. The third-order valence-corrected chi connectivity index (χ3v) is 4.10. The van der Waals surface area contributed by atoms with Crippen LogP contribution in [-0.2, 0) is 6.54 Å². The van der Waals surface area contributed by atoms with Crippen LogP contribution in [0.2, 0.25) is 0 Å². The smallest absolute Gasteiger partial charge is 0.122 e. The Hall–Kier alpha value is -2.04. The van der Waals surface area contributed by atoms with Crippen molar-refractivity contribution in [3.63, 3.8) is 0 Å². The Morgan fingerprint density at radius 2 is 1.81 bits per heavy atom. The van der Waals surface area contributed by atoms with E-state index in [0.29, 0.717) is 0 Å². The van der Waals surface area contributed by atoms with Crippen molar-refractivity contribution >= 4 is 0 Å². The minimum Gasteiger partial charge on any atom is -0.508 e. The standard InChI is InChI=1S/C17H20N2O2/c18-16-11-19(9-12-4-2-1-3-5-12)10-15(16)14-7-6-13(20)8-17(14)21/h1-8,15-16,20-21H,9-11,18H2. The minimum absolute atomic E-state index is 0.0100. The molecule has 2 aromatic rings. The first-order valence-electron chi connectivity index (χ1n) is 7.17. The molecule has 1 fully saturated rings. The van der Waals surface area contributed by atoms with Gasteiger partial charge in [-0.25, -0.2) is 0 Å². The Labute approximate surface area is 124 Å². The van der Waals surface area contributed by atoms with E-state index in [9.17, 15) is 10.2 Å². The zero-order valence-corrected chi connectivity index (χ0v) is 11.8. The maximum Gasteiger partial charge on any atom is 0.122 e. The summed E-state index contributed by atoms with van der Waals surface area (Å²) in [4.78, 5) is 2.30. The number of hydrogen-bond acceptors (Lipinski definition) is 4. The van der Waals surface area contributed by atoms with E-state index in [-0.39, 0.29) is 23.5 Å². The molecule has 0 spiro atoms. The van der Waals surface area contributed by atoms with Crippen LogP contribution in [0.1, 0.15) is 17.0 Å². The molecule has 2 aromatic carbocycles. The number of rotatable bonds is 3. The Kier molecular flexibility index (Phi) is 3.82. The predicted octanol–water partition coefficient (Wildman–Crippen LogP) is 2.02. The highest BCUT2D eigenvalue weighted by Gasteiger charge is 2.32. The van der Waals surface area contributed by atoms with Crippen molar-refractivity contribution in [2.24, 2.45) is 5.73 Å². The van der Waals surface area contributed by atoms with Crippen molar-refractivity contribution in [3.05, 3.63) is 59.7 Å². The molecule has 2 unspecified atom stereocenters. The van der Waals surface area contributed by atoms with Gasteiger partial charge < -0.3 is 15.9 Å². The van der Waals surface area contributed by atoms with Gasteiger partial charge in [0.2, 0.25) is 0 Å². The van der Waals surface area contributed by atoms with Gasteiger partial charge >= 0.3 is 0 Å². The van der Waals surface area contributed by atoms with E-state index in [1.807, 2.05) is 18.2 Å². The first-order valence-corrected chi connectivity index (χ1v) is 7.17. The van der Waals surface area contributed by atoms with Gasteiger partial charge in [0.15, 0.2) is 0 Å². The van der Waals surface area contributed by atoms with Crippen LogP contribution >= 0.6 is 0 Å². The van der Waals surface area contributed by atoms with Crippen molar-refractivity contribution in [3.8, 4) is 11.5 Å². The van der Waals surface area contributed by atoms with Gasteiger partial charge in [0, 0.05) is 43.2 Å². The van der Waals surface area contributed by atoms with E-state index in [0.717, 1.165) is 25.2 Å². The van der Waals surface area contributed by atoms with Crippen molar-refractivity contribution in [2.75, 3.05) is 13.1 Å². The van der Waals surface area contributed by atoms with Gasteiger partial charge in [0.1, 0.15) is 11.5 Å². The van der Waals surface area contributed by atoms with E-state index in [2.05, 4.69) is 17.0 Å². The van der Waals surface area contributed by atoms with E-state index >= 15 is 0 Å². The fraction of sp³-hybridized carbons (Fsp3) is 0.294. The topological polar surface area (TPSA) is 69.7 Å². The van der Waals surface area contributed by atoms with Crippen LogP contribution in [-0.4, -0.2) is 34.2 Å². The van der Waals surface area contributed by atoms with Gasteiger partial charge in [-0.15, -0.1) is 0 Å². The van der Waals surface area contributed by atoms with Crippen LogP contribution in [0, 0.1) is 0 Å². The largest absolute Gasteiger partial charge is 0.508 e. The molecule has 0 aliphatic carbocycles. The molecule has 21 heavy (non-hydrogen) atoms. The second-order valence-corrected chi connectivity index (χ2v) is 5.69. The molecule has 3 rings (SSSR count). The number of aromatic hydroxyl groups is 2. The summed E-state index contributed by atoms with van der Waals surface area (Å²) in [7, 11) is 0. The lowest BCUT2D eigenvalue weighted by molar-refractivity contribution is 0.323. The summed E-state index contributed by atoms with van der Waals surface area (Å²) in [5.41, 5.74) is 8.33. The quantitative estimate of drug-likeness (QED) is 0.806. The number of nitrogens with two attached hydrogens (primary N) is 1. The zero-order chi connectivity index (χ0) is 14.8. The van der Waals surface area contributed by atoms with E-state index in [4.69, 9.17) is 5.73 Å². The van der Waals surface area contributed by atoms with E-state index < -0.39 is 0 Å². The lowest BCUT2D eigenvalue weighted by Crippen LogP contribution is -2.28.